The summed E-state index contributed by atoms with van der Waals surface area (Å²) in [4.78, 5) is 14.0. The summed E-state index contributed by atoms with van der Waals surface area (Å²) in [6.45, 7) is 4.96. The first kappa shape index (κ1) is 11.1. The SMILES string of the molecule is CC(=O)C(C)N1CCC[C@@H]2CCCC[C@@H]21. The van der Waals surface area contributed by atoms with E-state index in [1.54, 1.807) is 6.92 Å². The predicted molar refractivity (Wildman–Crippen MR) is 61.8 cm³/mol. The third-order valence-electron chi connectivity index (χ3n) is 4.37. The van der Waals surface area contributed by atoms with Crippen LogP contribution in [0.2, 0.25) is 0 Å². The van der Waals surface area contributed by atoms with E-state index < -0.39 is 0 Å². The maximum atomic E-state index is 11.5. The average Bonchev–Trinajstić information content (AvgIpc) is 2.27. The molecule has 2 nitrogen and oxygen atoms in total. The molecule has 0 radical (unpaired) electrons. The summed E-state index contributed by atoms with van der Waals surface area (Å²) < 4.78 is 0. The number of piperidine rings is 1. The molecule has 2 heteroatoms. The Bertz CT molecular complexity index is 237. The first-order chi connectivity index (χ1) is 7.20. The first-order valence-corrected chi connectivity index (χ1v) is 6.46. The third-order valence-corrected chi connectivity index (χ3v) is 4.37. The molecule has 2 aliphatic rings. The lowest BCUT2D eigenvalue weighted by atomic mass is 9.77. The summed E-state index contributed by atoms with van der Waals surface area (Å²) in [6.07, 6.45) is 8.17. The van der Waals surface area contributed by atoms with Crippen molar-refractivity contribution in [2.75, 3.05) is 6.54 Å². The number of carbonyl (C=O) groups is 1. The Kier molecular flexibility index (Phi) is 3.45. The van der Waals surface area contributed by atoms with Crippen molar-refractivity contribution >= 4 is 5.78 Å². The van der Waals surface area contributed by atoms with Crippen LogP contribution < -0.4 is 0 Å². The van der Waals surface area contributed by atoms with Crippen molar-refractivity contribution in [2.45, 2.75) is 64.5 Å². The van der Waals surface area contributed by atoms with Crippen LogP contribution in [0.4, 0.5) is 0 Å². The number of fused-ring (bicyclic) bond motifs is 1. The third kappa shape index (κ3) is 2.25. The molecule has 0 aromatic carbocycles. The second-order valence-corrected chi connectivity index (χ2v) is 5.28. The van der Waals surface area contributed by atoms with E-state index in [9.17, 15) is 4.79 Å². The van der Waals surface area contributed by atoms with Gasteiger partial charge in [0.15, 0.2) is 0 Å². The molecule has 15 heavy (non-hydrogen) atoms. The van der Waals surface area contributed by atoms with Crippen LogP contribution in [0, 0.1) is 5.92 Å². The van der Waals surface area contributed by atoms with Crippen LogP contribution in [0.3, 0.4) is 0 Å². The average molecular weight is 209 g/mol. The lowest BCUT2D eigenvalue weighted by Crippen LogP contribution is -2.52. The van der Waals surface area contributed by atoms with Gasteiger partial charge in [0.1, 0.15) is 5.78 Å². The van der Waals surface area contributed by atoms with E-state index in [0.717, 1.165) is 12.5 Å². The van der Waals surface area contributed by atoms with Gasteiger partial charge in [-0.15, -0.1) is 0 Å². The molecule has 1 heterocycles. The molecule has 1 saturated heterocycles. The quantitative estimate of drug-likeness (QED) is 0.697. The summed E-state index contributed by atoms with van der Waals surface area (Å²) in [5, 5.41) is 0. The standard InChI is InChI=1S/C13H23NO/c1-10(11(2)15)14-9-5-7-12-6-3-4-8-13(12)14/h10,12-13H,3-9H2,1-2H3/t10?,12-,13-/m0/s1. The minimum Gasteiger partial charge on any atom is -0.298 e. The van der Waals surface area contributed by atoms with Gasteiger partial charge < -0.3 is 0 Å². The van der Waals surface area contributed by atoms with Crippen LogP contribution in [0.15, 0.2) is 0 Å². The monoisotopic (exact) mass is 209 g/mol. The Morgan fingerprint density at radius 3 is 2.60 bits per heavy atom. The van der Waals surface area contributed by atoms with E-state index in [-0.39, 0.29) is 6.04 Å². The largest absolute Gasteiger partial charge is 0.298 e. The number of rotatable bonds is 2. The molecule has 1 saturated carbocycles. The van der Waals surface area contributed by atoms with Gasteiger partial charge >= 0.3 is 0 Å². The van der Waals surface area contributed by atoms with E-state index in [1.807, 2.05) is 0 Å². The van der Waals surface area contributed by atoms with E-state index >= 15 is 0 Å². The highest BCUT2D eigenvalue weighted by molar-refractivity contribution is 5.81. The van der Waals surface area contributed by atoms with Gasteiger partial charge in [0, 0.05) is 6.04 Å². The van der Waals surface area contributed by atoms with Gasteiger partial charge in [-0.05, 0) is 52.0 Å². The highest BCUT2D eigenvalue weighted by atomic mass is 16.1. The van der Waals surface area contributed by atoms with Gasteiger partial charge in [0.25, 0.3) is 0 Å². The molecule has 0 bridgehead atoms. The van der Waals surface area contributed by atoms with Crippen molar-refractivity contribution in [2.24, 2.45) is 5.92 Å². The van der Waals surface area contributed by atoms with Gasteiger partial charge in [0.05, 0.1) is 6.04 Å². The smallest absolute Gasteiger partial charge is 0.146 e. The fourth-order valence-corrected chi connectivity index (χ4v) is 3.38. The number of nitrogens with zero attached hydrogens (tertiary/aromatic N) is 1. The molecule has 0 amide bonds. The van der Waals surface area contributed by atoms with E-state index in [4.69, 9.17) is 0 Å². The molecule has 1 aliphatic carbocycles. The minimum atomic E-state index is 0.149. The molecule has 2 fully saturated rings. The Morgan fingerprint density at radius 1 is 1.20 bits per heavy atom. The van der Waals surface area contributed by atoms with E-state index in [1.165, 1.54) is 38.5 Å². The number of Topliss-reactive ketones (excluding diaryl/α,β-unsaturated/α-hetero) is 1. The first-order valence-electron chi connectivity index (χ1n) is 6.46. The fraction of sp³-hybridized carbons (Fsp3) is 0.923. The highest BCUT2D eigenvalue weighted by Crippen LogP contribution is 2.36. The number of ketones is 1. The van der Waals surface area contributed by atoms with Gasteiger partial charge in [-0.2, -0.15) is 0 Å². The molecule has 2 rings (SSSR count). The van der Waals surface area contributed by atoms with Crippen LogP contribution in [-0.4, -0.2) is 29.3 Å². The molecular weight excluding hydrogens is 186 g/mol. The number of hydrogen-bond donors (Lipinski definition) is 0. The molecule has 0 spiro atoms. The number of likely N-dealkylation sites (tertiary alicyclic amines) is 1. The van der Waals surface area contributed by atoms with Crippen molar-refractivity contribution in [3.8, 4) is 0 Å². The Morgan fingerprint density at radius 2 is 1.87 bits per heavy atom. The van der Waals surface area contributed by atoms with E-state index in [0.29, 0.717) is 11.8 Å². The highest BCUT2D eigenvalue weighted by Gasteiger charge is 2.36. The van der Waals surface area contributed by atoms with Gasteiger partial charge in [0.2, 0.25) is 0 Å². The lowest BCUT2D eigenvalue weighted by Gasteiger charge is -2.46. The second-order valence-electron chi connectivity index (χ2n) is 5.28. The maximum Gasteiger partial charge on any atom is 0.146 e. The van der Waals surface area contributed by atoms with Crippen molar-refractivity contribution < 1.29 is 4.79 Å². The van der Waals surface area contributed by atoms with Gasteiger partial charge in [-0.25, -0.2) is 0 Å². The van der Waals surface area contributed by atoms with E-state index in [2.05, 4.69) is 11.8 Å². The number of hydrogen-bond acceptors (Lipinski definition) is 2. The molecule has 0 aromatic rings. The van der Waals surface area contributed by atoms with Crippen LogP contribution >= 0.6 is 0 Å². The molecule has 1 unspecified atom stereocenters. The summed E-state index contributed by atoms with van der Waals surface area (Å²) in [5.41, 5.74) is 0. The van der Waals surface area contributed by atoms with Crippen LogP contribution in [0.5, 0.6) is 0 Å². The molecule has 86 valence electrons. The number of carbonyl (C=O) groups excluding carboxylic acids is 1. The summed E-state index contributed by atoms with van der Waals surface area (Å²) in [5.74, 6) is 1.22. The van der Waals surface area contributed by atoms with Gasteiger partial charge in [-0.1, -0.05) is 12.8 Å². The Balaban J connectivity index is 2.06. The molecule has 1 aliphatic heterocycles. The summed E-state index contributed by atoms with van der Waals surface area (Å²) in [7, 11) is 0. The molecule has 3 atom stereocenters. The van der Waals surface area contributed by atoms with Crippen LogP contribution in [0.1, 0.15) is 52.4 Å². The minimum absolute atomic E-state index is 0.149. The maximum absolute atomic E-state index is 11.5. The summed E-state index contributed by atoms with van der Waals surface area (Å²) >= 11 is 0. The zero-order valence-electron chi connectivity index (χ0n) is 10.0. The van der Waals surface area contributed by atoms with Crippen LogP contribution in [-0.2, 0) is 4.79 Å². The van der Waals surface area contributed by atoms with Crippen molar-refractivity contribution in [1.29, 1.82) is 0 Å². The van der Waals surface area contributed by atoms with Crippen molar-refractivity contribution in [3.63, 3.8) is 0 Å². The molecular formula is C13H23NO. The Labute approximate surface area is 93.0 Å². The van der Waals surface area contributed by atoms with Crippen molar-refractivity contribution in [1.82, 2.24) is 4.90 Å². The zero-order chi connectivity index (χ0) is 10.8. The lowest BCUT2D eigenvalue weighted by molar-refractivity contribution is -0.124. The van der Waals surface area contributed by atoms with Gasteiger partial charge in [-0.3, -0.25) is 9.69 Å². The molecule has 0 N–H and O–H groups in total. The second kappa shape index (κ2) is 4.65. The summed E-state index contributed by atoms with van der Waals surface area (Å²) in [6, 6.07) is 0.863. The zero-order valence-corrected chi connectivity index (χ0v) is 10.0. The van der Waals surface area contributed by atoms with Crippen LogP contribution in [0.25, 0.3) is 0 Å². The topological polar surface area (TPSA) is 20.3 Å². The fourth-order valence-electron chi connectivity index (χ4n) is 3.38. The molecule has 0 aromatic heterocycles. The normalized spacial score (nSPS) is 34.5. The Hall–Kier alpha value is -0.370. The predicted octanol–water partition coefficient (Wildman–Crippen LogP) is 2.62. The van der Waals surface area contributed by atoms with Crippen molar-refractivity contribution in [3.05, 3.63) is 0 Å².